The van der Waals surface area contributed by atoms with Crippen LogP contribution in [0.3, 0.4) is 0 Å². The smallest absolute Gasteiger partial charge is 0.248 e. The molecule has 9 heteroatoms. The molecule has 9 nitrogen and oxygen atoms in total. The number of nitrogens with two attached hydrogens (primary N) is 1. The highest BCUT2D eigenvalue weighted by molar-refractivity contribution is 6.01. The quantitative estimate of drug-likeness (QED) is 0.786. The van der Waals surface area contributed by atoms with Crippen LogP contribution in [-0.4, -0.2) is 33.3 Å². The standard InChI is InChI=1S/C18H19N7O2/c1-2-18(11-19)6-8-25(16(18)27)15-5-7-21-17(24-15)23-13-4-3-12(22-10-13)9-14(20)26/h3-5,7,10H,2,6,8-9H2,1H3,(H2,20,26)(H,21,23,24)/t18-/m1/s1. The first-order chi connectivity index (χ1) is 13.0. The van der Waals surface area contributed by atoms with Gasteiger partial charge in [-0.05, 0) is 31.0 Å². The number of nitrogens with one attached hydrogen (secondary N) is 1. The minimum Gasteiger partial charge on any atom is -0.369 e. The summed E-state index contributed by atoms with van der Waals surface area (Å²) in [6.07, 6.45) is 4.12. The molecule has 2 aromatic rings. The molecular formula is C18H19N7O2. The highest BCUT2D eigenvalue weighted by Crippen LogP contribution is 2.36. The second kappa shape index (κ2) is 7.37. The fraction of sp³-hybridized carbons (Fsp3) is 0.333. The van der Waals surface area contributed by atoms with Crippen molar-refractivity contribution < 1.29 is 9.59 Å². The van der Waals surface area contributed by atoms with Gasteiger partial charge in [0.05, 0.1) is 24.4 Å². The summed E-state index contributed by atoms with van der Waals surface area (Å²) in [7, 11) is 0. The number of anilines is 3. The molecule has 0 aliphatic carbocycles. The van der Waals surface area contributed by atoms with Gasteiger partial charge in [0.2, 0.25) is 17.8 Å². The molecule has 138 valence electrons. The summed E-state index contributed by atoms with van der Waals surface area (Å²) >= 11 is 0. The van der Waals surface area contributed by atoms with Crippen LogP contribution in [0.15, 0.2) is 30.6 Å². The van der Waals surface area contributed by atoms with Gasteiger partial charge in [-0.3, -0.25) is 19.5 Å². The molecule has 0 unspecified atom stereocenters. The molecule has 1 atom stereocenters. The van der Waals surface area contributed by atoms with Gasteiger partial charge in [-0.25, -0.2) is 4.98 Å². The normalized spacial score (nSPS) is 19.0. The molecule has 0 saturated carbocycles. The first-order valence-electron chi connectivity index (χ1n) is 8.54. The number of nitriles is 1. The number of pyridine rings is 1. The number of carbonyl (C=O) groups is 2. The number of rotatable bonds is 6. The second-order valence-electron chi connectivity index (χ2n) is 6.30. The summed E-state index contributed by atoms with van der Waals surface area (Å²) in [4.78, 5) is 37.8. The lowest BCUT2D eigenvalue weighted by atomic mass is 9.85. The summed E-state index contributed by atoms with van der Waals surface area (Å²) in [6.45, 7) is 2.28. The molecule has 3 heterocycles. The van der Waals surface area contributed by atoms with Crippen molar-refractivity contribution in [2.75, 3.05) is 16.8 Å². The first kappa shape index (κ1) is 18.3. The molecule has 0 spiro atoms. The highest BCUT2D eigenvalue weighted by atomic mass is 16.2. The summed E-state index contributed by atoms with van der Waals surface area (Å²) in [5.41, 5.74) is 5.37. The van der Waals surface area contributed by atoms with Crippen LogP contribution in [0.1, 0.15) is 25.5 Å². The summed E-state index contributed by atoms with van der Waals surface area (Å²) in [6, 6.07) is 7.22. The van der Waals surface area contributed by atoms with E-state index in [1.54, 1.807) is 30.6 Å². The predicted molar refractivity (Wildman–Crippen MR) is 97.8 cm³/mol. The lowest BCUT2D eigenvalue weighted by Gasteiger charge is -2.19. The SMILES string of the molecule is CC[C@]1(C#N)CCN(c2ccnc(Nc3ccc(CC(N)=O)nc3)n2)C1=O. The number of nitrogens with zero attached hydrogens (tertiary/aromatic N) is 5. The van der Waals surface area contributed by atoms with Gasteiger partial charge in [-0.1, -0.05) is 6.92 Å². The van der Waals surface area contributed by atoms with E-state index in [0.717, 1.165) is 0 Å². The van der Waals surface area contributed by atoms with Crippen LogP contribution < -0.4 is 16.0 Å². The van der Waals surface area contributed by atoms with Crippen LogP contribution in [-0.2, 0) is 16.0 Å². The highest BCUT2D eigenvalue weighted by Gasteiger charge is 2.46. The van der Waals surface area contributed by atoms with E-state index in [0.29, 0.717) is 42.5 Å². The molecule has 0 radical (unpaired) electrons. The Morgan fingerprint density at radius 2 is 2.22 bits per heavy atom. The Bertz CT molecular complexity index is 907. The molecule has 3 N–H and O–H groups in total. The van der Waals surface area contributed by atoms with Crippen LogP contribution in [0.5, 0.6) is 0 Å². The topological polar surface area (TPSA) is 138 Å². The van der Waals surface area contributed by atoms with Gasteiger partial charge in [0, 0.05) is 18.4 Å². The van der Waals surface area contributed by atoms with Crippen molar-refractivity contribution in [2.24, 2.45) is 11.1 Å². The zero-order valence-electron chi connectivity index (χ0n) is 14.8. The van der Waals surface area contributed by atoms with E-state index in [2.05, 4.69) is 26.3 Å². The molecule has 2 aromatic heterocycles. The van der Waals surface area contributed by atoms with E-state index in [4.69, 9.17) is 5.73 Å². The molecule has 3 rings (SSSR count). The van der Waals surface area contributed by atoms with Gasteiger partial charge in [0.15, 0.2) is 0 Å². The Hall–Kier alpha value is -3.54. The third-order valence-electron chi connectivity index (χ3n) is 4.59. The molecule has 1 fully saturated rings. The number of aromatic nitrogens is 3. The van der Waals surface area contributed by atoms with Gasteiger partial charge >= 0.3 is 0 Å². The fourth-order valence-electron chi connectivity index (χ4n) is 2.97. The molecule has 2 amide bonds. The van der Waals surface area contributed by atoms with Crippen molar-refractivity contribution in [2.45, 2.75) is 26.2 Å². The largest absolute Gasteiger partial charge is 0.369 e. The minimum atomic E-state index is -0.973. The Morgan fingerprint density at radius 1 is 1.41 bits per heavy atom. The molecule has 27 heavy (non-hydrogen) atoms. The van der Waals surface area contributed by atoms with Gasteiger partial charge in [0.1, 0.15) is 11.2 Å². The zero-order valence-corrected chi connectivity index (χ0v) is 14.8. The van der Waals surface area contributed by atoms with Gasteiger partial charge < -0.3 is 11.1 Å². The van der Waals surface area contributed by atoms with Crippen molar-refractivity contribution in [1.29, 1.82) is 5.26 Å². The Kier molecular flexibility index (Phi) is 4.98. The van der Waals surface area contributed by atoms with Crippen LogP contribution >= 0.6 is 0 Å². The maximum atomic E-state index is 12.7. The Morgan fingerprint density at radius 3 is 2.81 bits per heavy atom. The number of amides is 2. The molecule has 1 saturated heterocycles. The van der Waals surface area contributed by atoms with Crippen molar-refractivity contribution in [3.8, 4) is 6.07 Å². The summed E-state index contributed by atoms with van der Waals surface area (Å²) < 4.78 is 0. The zero-order chi connectivity index (χ0) is 19.4. The first-order valence-corrected chi connectivity index (χ1v) is 8.54. The maximum absolute atomic E-state index is 12.7. The number of carbonyl (C=O) groups excluding carboxylic acids is 2. The molecular weight excluding hydrogens is 346 g/mol. The monoisotopic (exact) mass is 365 g/mol. The Balaban J connectivity index is 1.76. The number of primary amides is 1. The maximum Gasteiger partial charge on any atom is 0.248 e. The van der Waals surface area contributed by atoms with Crippen LogP contribution in [0.4, 0.5) is 17.5 Å². The molecule has 0 bridgehead atoms. The third kappa shape index (κ3) is 3.69. The van der Waals surface area contributed by atoms with Crippen molar-refractivity contribution >= 4 is 29.3 Å². The van der Waals surface area contributed by atoms with Gasteiger partial charge in [-0.2, -0.15) is 10.2 Å². The van der Waals surface area contributed by atoms with Crippen LogP contribution in [0.2, 0.25) is 0 Å². The van der Waals surface area contributed by atoms with Crippen LogP contribution in [0, 0.1) is 16.7 Å². The van der Waals surface area contributed by atoms with Crippen LogP contribution in [0.25, 0.3) is 0 Å². The van der Waals surface area contributed by atoms with E-state index in [1.165, 1.54) is 4.90 Å². The van der Waals surface area contributed by atoms with Crippen molar-refractivity contribution in [1.82, 2.24) is 15.0 Å². The van der Waals surface area contributed by atoms with Gasteiger partial charge in [0.25, 0.3) is 0 Å². The number of hydrogen-bond acceptors (Lipinski definition) is 7. The van der Waals surface area contributed by atoms with Crippen molar-refractivity contribution in [3.63, 3.8) is 0 Å². The lowest BCUT2D eigenvalue weighted by Crippen LogP contribution is -2.33. The van der Waals surface area contributed by atoms with E-state index in [1.807, 2.05) is 6.92 Å². The molecule has 1 aliphatic heterocycles. The van der Waals surface area contributed by atoms with E-state index < -0.39 is 11.3 Å². The van der Waals surface area contributed by atoms with Crippen molar-refractivity contribution in [3.05, 3.63) is 36.3 Å². The van der Waals surface area contributed by atoms with Gasteiger partial charge in [-0.15, -0.1) is 0 Å². The molecule has 0 aromatic carbocycles. The second-order valence-corrected chi connectivity index (χ2v) is 6.30. The van der Waals surface area contributed by atoms with E-state index >= 15 is 0 Å². The average Bonchev–Trinajstić information content (AvgIpc) is 3.00. The Labute approximate surface area is 156 Å². The average molecular weight is 365 g/mol. The summed E-state index contributed by atoms with van der Waals surface area (Å²) in [5, 5.41) is 12.4. The predicted octanol–water partition coefficient (Wildman–Crippen LogP) is 1.30. The lowest BCUT2D eigenvalue weighted by molar-refractivity contribution is -0.123. The van der Waals surface area contributed by atoms with E-state index in [9.17, 15) is 14.9 Å². The minimum absolute atomic E-state index is 0.0708. The fourth-order valence-corrected chi connectivity index (χ4v) is 2.97. The molecule has 1 aliphatic rings. The summed E-state index contributed by atoms with van der Waals surface area (Å²) in [5.74, 6) is 0.0711. The van der Waals surface area contributed by atoms with E-state index in [-0.39, 0.29) is 12.3 Å². The third-order valence-corrected chi connectivity index (χ3v) is 4.59. The number of hydrogen-bond donors (Lipinski definition) is 2.